The lowest BCUT2D eigenvalue weighted by molar-refractivity contribution is 0.176. The standard InChI is InChI=1S/C5H6Cl2O2/c1-2-4(6)3-9-5(7)8/h2,4H,1,3H2. The molecule has 0 bridgehead atoms. The normalized spacial score (nSPS) is 12.2. The summed E-state index contributed by atoms with van der Waals surface area (Å²) in [5, 5.41) is -0.354. The van der Waals surface area contributed by atoms with Gasteiger partial charge in [-0.15, -0.1) is 18.2 Å². The fourth-order valence-corrected chi connectivity index (χ4v) is 0.339. The summed E-state index contributed by atoms with van der Waals surface area (Å²) >= 11 is 10.3. The van der Waals surface area contributed by atoms with Crippen molar-refractivity contribution in [1.82, 2.24) is 0 Å². The molecular weight excluding hydrogens is 163 g/mol. The molecule has 0 aromatic heterocycles. The lowest BCUT2D eigenvalue weighted by atomic mass is 10.4. The van der Waals surface area contributed by atoms with Crippen molar-refractivity contribution in [2.45, 2.75) is 5.38 Å². The highest BCUT2D eigenvalue weighted by Crippen LogP contribution is 1.98. The first kappa shape index (κ1) is 8.79. The first-order valence-corrected chi connectivity index (χ1v) is 3.07. The summed E-state index contributed by atoms with van der Waals surface area (Å²) in [4.78, 5) is 9.91. The van der Waals surface area contributed by atoms with Crippen molar-refractivity contribution in [2.24, 2.45) is 0 Å². The van der Waals surface area contributed by atoms with E-state index in [0.29, 0.717) is 0 Å². The Morgan fingerprint density at radius 1 is 1.89 bits per heavy atom. The van der Waals surface area contributed by atoms with Gasteiger partial charge in [-0.3, -0.25) is 0 Å². The minimum atomic E-state index is -0.845. The Balaban J connectivity index is 3.26. The molecule has 0 fully saturated rings. The molecule has 0 aliphatic heterocycles. The molecule has 0 aliphatic carbocycles. The van der Waals surface area contributed by atoms with E-state index in [9.17, 15) is 4.79 Å². The summed E-state index contributed by atoms with van der Waals surface area (Å²) in [7, 11) is 0. The maximum atomic E-state index is 9.91. The number of hydrogen-bond acceptors (Lipinski definition) is 2. The molecule has 4 heteroatoms. The second kappa shape index (κ2) is 4.65. The zero-order valence-electron chi connectivity index (χ0n) is 4.64. The topological polar surface area (TPSA) is 26.3 Å². The Hall–Kier alpha value is -0.210. The van der Waals surface area contributed by atoms with E-state index >= 15 is 0 Å². The molecule has 9 heavy (non-hydrogen) atoms. The van der Waals surface area contributed by atoms with Crippen LogP contribution in [-0.4, -0.2) is 17.4 Å². The smallest absolute Gasteiger partial charge is 0.403 e. The summed E-state index contributed by atoms with van der Waals surface area (Å²) in [5.74, 6) is 0. The maximum Gasteiger partial charge on any atom is 0.403 e. The van der Waals surface area contributed by atoms with E-state index in [4.69, 9.17) is 23.2 Å². The van der Waals surface area contributed by atoms with E-state index in [-0.39, 0.29) is 12.0 Å². The van der Waals surface area contributed by atoms with Gasteiger partial charge in [-0.2, -0.15) is 0 Å². The zero-order chi connectivity index (χ0) is 7.28. The lowest BCUT2D eigenvalue weighted by Crippen LogP contribution is -2.06. The Morgan fingerprint density at radius 3 is 2.78 bits per heavy atom. The third kappa shape index (κ3) is 5.66. The van der Waals surface area contributed by atoms with E-state index in [1.54, 1.807) is 0 Å². The summed E-state index contributed by atoms with van der Waals surface area (Å²) < 4.78 is 4.32. The van der Waals surface area contributed by atoms with Crippen molar-refractivity contribution in [3.05, 3.63) is 12.7 Å². The van der Waals surface area contributed by atoms with Crippen LogP contribution in [0.15, 0.2) is 12.7 Å². The third-order valence-corrected chi connectivity index (χ3v) is 1.03. The van der Waals surface area contributed by atoms with Crippen LogP contribution in [0.4, 0.5) is 4.79 Å². The molecule has 0 N–H and O–H groups in total. The minimum absolute atomic E-state index is 0.0768. The fourth-order valence-electron chi connectivity index (χ4n) is 0.213. The van der Waals surface area contributed by atoms with Crippen molar-refractivity contribution < 1.29 is 9.53 Å². The molecule has 0 rings (SSSR count). The van der Waals surface area contributed by atoms with Gasteiger partial charge in [-0.05, 0) is 0 Å². The molecule has 0 amide bonds. The number of ether oxygens (including phenoxy) is 1. The Labute approximate surface area is 63.4 Å². The fraction of sp³-hybridized carbons (Fsp3) is 0.400. The number of carbonyl (C=O) groups excluding carboxylic acids is 1. The molecule has 2 nitrogen and oxygen atoms in total. The van der Waals surface area contributed by atoms with Gasteiger partial charge < -0.3 is 4.74 Å². The summed E-state index contributed by atoms with van der Waals surface area (Å²) in [6.07, 6.45) is 1.46. The number of alkyl halides is 1. The molecule has 52 valence electrons. The molecule has 0 aromatic carbocycles. The molecule has 0 radical (unpaired) electrons. The van der Waals surface area contributed by atoms with Crippen molar-refractivity contribution in [1.29, 1.82) is 0 Å². The largest absolute Gasteiger partial charge is 0.452 e. The predicted octanol–water partition coefficient (Wildman–Crippen LogP) is 2.16. The molecule has 0 saturated carbocycles. The minimum Gasteiger partial charge on any atom is -0.452 e. The van der Waals surface area contributed by atoms with Gasteiger partial charge in [-0.25, -0.2) is 4.79 Å². The summed E-state index contributed by atoms with van der Waals surface area (Å²) in [5.41, 5.74) is -0.845. The monoisotopic (exact) mass is 168 g/mol. The molecule has 0 spiro atoms. The molecular formula is C5H6Cl2O2. The highest BCUT2D eigenvalue weighted by atomic mass is 35.5. The van der Waals surface area contributed by atoms with Crippen LogP contribution in [0, 0.1) is 0 Å². The molecule has 1 unspecified atom stereocenters. The molecule has 0 aromatic rings. The molecule has 1 atom stereocenters. The van der Waals surface area contributed by atoms with Crippen molar-refractivity contribution in [2.75, 3.05) is 6.61 Å². The van der Waals surface area contributed by atoms with E-state index in [1.165, 1.54) is 6.08 Å². The van der Waals surface area contributed by atoms with Crippen LogP contribution in [0.3, 0.4) is 0 Å². The quantitative estimate of drug-likeness (QED) is 0.367. The van der Waals surface area contributed by atoms with Crippen LogP contribution in [0.1, 0.15) is 0 Å². The van der Waals surface area contributed by atoms with E-state index in [2.05, 4.69) is 11.3 Å². The molecule has 0 heterocycles. The highest BCUT2D eigenvalue weighted by Gasteiger charge is 2.00. The van der Waals surface area contributed by atoms with Gasteiger partial charge in [0, 0.05) is 11.6 Å². The Morgan fingerprint density at radius 2 is 2.44 bits per heavy atom. The number of hydrogen-bond donors (Lipinski definition) is 0. The van der Waals surface area contributed by atoms with Crippen molar-refractivity contribution >= 4 is 28.6 Å². The van der Waals surface area contributed by atoms with E-state index < -0.39 is 5.43 Å². The van der Waals surface area contributed by atoms with Gasteiger partial charge in [0.15, 0.2) is 0 Å². The van der Waals surface area contributed by atoms with Gasteiger partial charge in [-0.1, -0.05) is 6.08 Å². The highest BCUT2D eigenvalue weighted by molar-refractivity contribution is 6.61. The predicted molar refractivity (Wildman–Crippen MR) is 37.0 cm³/mol. The molecule has 0 aliphatic rings. The van der Waals surface area contributed by atoms with Gasteiger partial charge in [0.25, 0.3) is 0 Å². The lowest BCUT2D eigenvalue weighted by Gasteiger charge is -2.00. The Bertz CT molecular complexity index is 114. The van der Waals surface area contributed by atoms with Crippen LogP contribution in [-0.2, 0) is 4.74 Å². The van der Waals surface area contributed by atoms with Gasteiger partial charge >= 0.3 is 5.43 Å². The average Bonchev–Trinajstić information content (AvgIpc) is 1.83. The Kier molecular flexibility index (Phi) is 4.54. The van der Waals surface area contributed by atoms with Gasteiger partial charge in [0.1, 0.15) is 6.61 Å². The maximum absolute atomic E-state index is 9.91. The SMILES string of the molecule is C=CC(Cl)COC(=O)Cl. The number of halogens is 2. The summed E-state index contributed by atoms with van der Waals surface area (Å²) in [6, 6.07) is 0. The van der Waals surface area contributed by atoms with Crippen LogP contribution < -0.4 is 0 Å². The first-order valence-electron chi connectivity index (χ1n) is 2.25. The van der Waals surface area contributed by atoms with E-state index in [0.717, 1.165) is 0 Å². The number of carbonyl (C=O) groups is 1. The second-order valence-electron chi connectivity index (χ2n) is 1.30. The van der Waals surface area contributed by atoms with Crippen molar-refractivity contribution in [3.8, 4) is 0 Å². The third-order valence-electron chi connectivity index (χ3n) is 0.612. The average molecular weight is 169 g/mol. The van der Waals surface area contributed by atoms with Gasteiger partial charge in [0.05, 0.1) is 5.38 Å². The number of rotatable bonds is 3. The van der Waals surface area contributed by atoms with Crippen LogP contribution in [0.25, 0.3) is 0 Å². The first-order chi connectivity index (χ1) is 4.16. The second-order valence-corrected chi connectivity index (χ2v) is 2.17. The zero-order valence-corrected chi connectivity index (χ0v) is 6.15. The van der Waals surface area contributed by atoms with Crippen molar-refractivity contribution in [3.63, 3.8) is 0 Å². The molecule has 0 saturated heterocycles. The van der Waals surface area contributed by atoms with E-state index in [1.807, 2.05) is 0 Å². The van der Waals surface area contributed by atoms with Crippen LogP contribution in [0.5, 0.6) is 0 Å². The summed E-state index contributed by atoms with van der Waals surface area (Å²) in [6.45, 7) is 3.45. The van der Waals surface area contributed by atoms with Crippen LogP contribution in [0.2, 0.25) is 0 Å². The van der Waals surface area contributed by atoms with Gasteiger partial charge in [0.2, 0.25) is 0 Å². The van der Waals surface area contributed by atoms with Crippen LogP contribution >= 0.6 is 23.2 Å².